The molecule has 1 saturated heterocycles. The van der Waals surface area contributed by atoms with Crippen LogP contribution in [0, 0.1) is 13.8 Å². The van der Waals surface area contributed by atoms with Gasteiger partial charge in [0.05, 0.1) is 0 Å². The molecule has 1 aromatic rings. The lowest BCUT2D eigenvalue weighted by Gasteiger charge is -2.30. The fourth-order valence-corrected chi connectivity index (χ4v) is 5.44. The number of nitrogens with one attached hydrogen (secondary N) is 1. The number of sulfonamides is 1. The molecule has 0 saturated carbocycles. The van der Waals surface area contributed by atoms with E-state index in [0.29, 0.717) is 17.3 Å². The van der Waals surface area contributed by atoms with Crippen molar-refractivity contribution in [1.29, 1.82) is 0 Å². The lowest BCUT2D eigenvalue weighted by molar-refractivity contribution is 0.310. The Balaban J connectivity index is 2.33. The minimum absolute atomic E-state index is 0.222. The van der Waals surface area contributed by atoms with Crippen molar-refractivity contribution in [2.75, 3.05) is 19.6 Å². The van der Waals surface area contributed by atoms with Crippen LogP contribution in [0.3, 0.4) is 0 Å². The molecule has 1 unspecified atom stereocenters. The van der Waals surface area contributed by atoms with Crippen molar-refractivity contribution in [3.05, 3.63) is 16.5 Å². The molecule has 1 atom stereocenters. The van der Waals surface area contributed by atoms with Crippen LogP contribution < -0.4 is 5.32 Å². The molecule has 2 rings (SSSR count). The molecule has 0 bridgehead atoms. The van der Waals surface area contributed by atoms with Gasteiger partial charge in [-0.05, 0) is 32.4 Å². The molecule has 17 heavy (non-hydrogen) atoms. The van der Waals surface area contributed by atoms with Gasteiger partial charge in [0.25, 0.3) is 10.0 Å². The van der Waals surface area contributed by atoms with Gasteiger partial charge in [0.2, 0.25) is 0 Å². The van der Waals surface area contributed by atoms with E-state index in [4.69, 9.17) is 0 Å². The van der Waals surface area contributed by atoms with E-state index in [9.17, 15) is 8.42 Å². The summed E-state index contributed by atoms with van der Waals surface area (Å²) in [5.41, 5.74) is 0.860. The van der Waals surface area contributed by atoms with Crippen LogP contribution in [0.5, 0.6) is 0 Å². The normalized spacial score (nSPS) is 22.9. The van der Waals surface area contributed by atoms with E-state index < -0.39 is 10.0 Å². The van der Waals surface area contributed by atoms with Gasteiger partial charge in [-0.3, -0.25) is 0 Å². The largest absolute Gasteiger partial charge is 0.312 e. The van der Waals surface area contributed by atoms with E-state index in [1.165, 1.54) is 11.3 Å². The van der Waals surface area contributed by atoms with Crippen molar-refractivity contribution < 1.29 is 8.42 Å². The second-order valence-electron chi connectivity index (χ2n) is 4.55. The number of aryl methyl sites for hydroxylation is 2. The fraction of sp³-hybridized carbons (Fsp3) is 0.636. The van der Waals surface area contributed by atoms with Gasteiger partial charge in [0, 0.05) is 30.6 Å². The Labute approximate surface area is 107 Å². The summed E-state index contributed by atoms with van der Waals surface area (Å²) in [4.78, 5) is 1.05. The third-order valence-electron chi connectivity index (χ3n) is 2.90. The van der Waals surface area contributed by atoms with Gasteiger partial charge in [0.15, 0.2) is 0 Å². The first kappa shape index (κ1) is 13.0. The maximum absolute atomic E-state index is 12.5. The Morgan fingerprint density at radius 3 is 2.71 bits per heavy atom. The SMILES string of the molecule is Cc1cc(C)c(S(=O)(=O)N2CCNC(C)C2)s1. The van der Waals surface area contributed by atoms with Gasteiger partial charge in [-0.1, -0.05) is 0 Å². The van der Waals surface area contributed by atoms with Crippen LogP contribution in [0.1, 0.15) is 17.4 Å². The molecule has 4 nitrogen and oxygen atoms in total. The quantitative estimate of drug-likeness (QED) is 0.885. The minimum atomic E-state index is -3.29. The monoisotopic (exact) mass is 274 g/mol. The summed E-state index contributed by atoms with van der Waals surface area (Å²) in [7, 11) is -3.29. The lowest BCUT2D eigenvalue weighted by atomic mass is 10.3. The van der Waals surface area contributed by atoms with E-state index in [1.807, 2.05) is 26.8 Å². The Bertz CT molecular complexity index is 508. The summed E-state index contributed by atoms with van der Waals surface area (Å²) in [6.45, 7) is 7.65. The van der Waals surface area contributed by atoms with Crippen LogP contribution in [0.4, 0.5) is 0 Å². The molecule has 0 aliphatic carbocycles. The van der Waals surface area contributed by atoms with Gasteiger partial charge in [0.1, 0.15) is 4.21 Å². The number of thiophene rings is 1. The lowest BCUT2D eigenvalue weighted by Crippen LogP contribution is -2.51. The van der Waals surface area contributed by atoms with Crippen LogP contribution in [-0.2, 0) is 10.0 Å². The first-order chi connectivity index (χ1) is 7.91. The molecule has 2 heterocycles. The molecular weight excluding hydrogens is 256 g/mol. The Morgan fingerprint density at radius 2 is 2.18 bits per heavy atom. The first-order valence-electron chi connectivity index (χ1n) is 5.72. The Hall–Kier alpha value is -0.430. The third-order valence-corrected chi connectivity index (χ3v) is 6.53. The highest BCUT2D eigenvalue weighted by Crippen LogP contribution is 2.29. The van der Waals surface area contributed by atoms with Crippen molar-refractivity contribution in [2.24, 2.45) is 0 Å². The Morgan fingerprint density at radius 1 is 1.47 bits per heavy atom. The predicted octanol–water partition coefficient (Wildman–Crippen LogP) is 1.35. The fourth-order valence-electron chi connectivity index (χ4n) is 2.11. The highest BCUT2D eigenvalue weighted by Gasteiger charge is 2.30. The smallest absolute Gasteiger partial charge is 0.252 e. The predicted molar refractivity (Wildman–Crippen MR) is 70.0 cm³/mol. The zero-order valence-corrected chi connectivity index (χ0v) is 12.0. The summed E-state index contributed by atoms with van der Waals surface area (Å²) in [6, 6.07) is 2.16. The van der Waals surface area contributed by atoms with Crippen LogP contribution >= 0.6 is 11.3 Å². The van der Waals surface area contributed by atoms with E-state index in [-0.39, 0.29) is 6.04 Å². The van der Waals surface area contributed by atoms with E-state index >= 15 is 0 Å². The standard InChI is InChI=1S/C11H18N2O2S2/c1-8-6-10(3)16-11(8)17(14,15)13-5-4-12-9(2)7-13/h6,9,12H,4-5,7H2,1-3H3. The van der Waals surface area contributed by atoms with Crippen LogP contribution in [0.2, 0.25) is 0 Å². The van der Waals surface area contributed by atoms with E-state index in [2.05, 4.69) is 5.32 Å². The number of hydrogen-bond acceptors (Lipinski definition) is 4. The third kappa shape index (κ3) is 2.54. The number of piperazine rings is 1. The van der Waals surface area contributed by atoms with Gasteiger partial charge in [-0.2, -0.15) is 4.31 Å². The van der Waals surface area contributed by atoms with Crippen molar-refractivity contribution >= 4 is 21.4 Å². The summed E-state index contributed by atoms with van der Waals surface area (Å²) < 4.78 is 27.0. The summed E-state index contributed by atoms with van der Waals surface area (Å²) in [5.74, 6) is 0. The summed E-state index contributed by atoms with van der Waals surface area (Å²) >= 11 is 1.37. The molecule has 1 aromatic heterocycles. The van der Waals surface area contributed by atoms with Crippen LogP contribution in [0.15, 0.2) is 10.3 Å². The average Bonchev–Trinajstić information content (AvgIpc) is 2.58. The highest BCUT2D eigenvalue weighted by molar-refractivity contribution is 7.91. The molecule has 96 valence electrons. The van der Waals surface area contributed by atoms with Crippen molar-refractivity contribution in [3.63, 3.8) is 0 Å². The molecule has 0 spiro atoms. The number of rotatable bonds is 2. The zero-order chi connectivity index (χ0) is 12.6. The zero-order valence-electron chi connectivity index (χ0n) is 10.4. The van der Waals surface area contributed by atoms with Gasteiger partial charge in [-0.15, -0.1) is 11.3 Å². The maximum atomic E-state index is 12.5. The molecule has 1 aliphatic heterocycles. The molecule has 6 heteroatoms. The second kappa shape index (κ2) is 4.68. The number of hydrogen-bond donors (Lipinski definition) is 1. The van der Waals surface area contributed by atoms with Crippen LogP contribution in [-0.4, -0.2) is 38.4 Å². The molecule has 1 aliphatic rings. The topological polar surface area (TPSA) is 49.4 Å². The van der Waals surface area contributed by atoms with Crippen molar-refractivity contribution in [3.8, 4) is 0 Å². The summed E-state index contributed by atoms with van der Waals surface area (Å²) in [6.07, 6.45) is 0. The molecule has 0 aromatic carbocycles. The van der Waals surface area contributed by atoms with Crippen molar-refractivity contribution in [1.82, 2.24) is 9.62 Å². The first-order valence-corrected chi connectivity index (χ1v) is 7.97. The molecular formula is C11H18N2O2S2. The van der Waals surface area contributed by atoms with Gasteiger partial charge < -0.3 is 5.32 Å². The summed E-state index contributed by atoms with van der Waals surface area (Å²) in [5, 5.41) is 3.25. The highest BCUT2D eigenvalue weighted by atomic mass is 32.2. The van der Waals surface area contributed by atoms with Crippen LogP contribution in [0.25, 0.3) is 0 Å². The maximum Gasteiger partial charge on any atom is 0.252 e. The molecule has 1 fully saturated rings. The van der Waals surface area contributed by atoms with Gasteiger partial charge in [-0.25, -0.2) is 8.42 Å². The number of nitrogens with zero attached hydrogens (tertiary/aromatic N) is 1. The molecule has 1 N–H and O–H groups in total. The van der Waals surface area contributed by atoms with Gasteiger partial charge >= 0.3 is 0 Å². The van der Waals surface area contributed by atoms with E-state index in [1.54, 1.807) is 4.31 Å². The average molecular weight is 274 g/mol. The Kier molecular flexibility index (Phi) is 3.58. The molecule has 0 radical (unpaired) electrons. The molecule has 0 amide bonds. The van der Waals surface area contributed by atoms with E-state index in [0.717, 1.165) is 17.0 Å². The minimum Gasteiger partial charge on any atom is -0.312 e. The second-order valence-corrected chi connectivity index (χ2v) is 7.94. The van der Waals surface area contributed by atoms with Crippen molar-refractivity contribution in [2.45, 2.75) is 31.0 Å².